The predicted octanol–water partition coefficient (Wildman–Crippen LogP) is 5.74. The van der Waals surface area contributed by atoms with E-state index >= 15 is 0 Å². The minimum absolute atomic E-state index is 0.0407. The summed E-state index contributed by atoms with van der Waals surface area (Å²) < 4.78 is 22.4. The minimum Gasteiger partial charge on any atom is -0.599 e. The predicted molar refractivity (Wildman–Crippen MR) is 146 cm³/mol. The third kappa shape index (κ3) is 5.02. The third-order valence-corrected chi connectivity index (χ3v) is 6.81. The number of hydrogen-bond donors (Lipinski definition) is 0. The molecular formula is C32H30NO5-. The highest BCUT2D eigenvalue weighted by Gasteiger charge is 2.27. The molecule has 1 unspecified atom stereocenters. The molecule has 0 bridgehead atoms. The molecule has 0 N–H and O–H groups in total. The van der Waals surface area contributed by atoms with Crippen molar-refractivity contribution in [2.45, 2.75) is 18.9 Å². The summed E-state index contributed by atoms with van der Waals surface area (Å²) >= 11 is 0. The van der Waals surface area contributed by atoms with Gasteiger partial charge in [0, 0.05) is 24.2 Å². The highest BCUT2D eigenvalue weighted by Crippen LogP contribution is 2.44. The number of nitrogens with zero attached hydrogens (tertiary/aromatic N) is 1. The van der Waals surface area contributed by atoms with Crippen LogP contribution in [0.1, 0.15) is 41.1 Å². The van der Waals surface area contributed by atoms with Crippen molar-refractivity contribution in [3.8, 4) is 28.4 Å². The molecule has 38 heavy (non-hydrogen) atoms. The molecule has 1 atom stereocenters. The second kappa shape index (κ2) is 11.3. The van der Waals surface area contributed by atoms with Crippen molar-refractivity contribution in [1.82, 2.24) is 0 Å². The van der Waals surface area contributed by atoms with Gasteiger partial charge in [0.25, 0.3) is 0 Å². The van der Waals surface area contributed by atoms with Gasteiger partial charge in [-0.15, -0.1) is 0 Å². The van der Waals surface area contributed by atoms with Crippen LogP contribution in [-0.2, 0) is 4.74 Å². The summed E-state index contributed by atoms with van der Waals surface area (Å²) in [5.74, 6) is 1.93. The SMILES string of the molecule is CCOc1ccc(C(N=C([O-])OCC2c3ccccc3-c3ccccc32)c2ccc(OC)cc2OC)cc1. The van der Waals surface area contributed by atoms with E-state index in [0.717, 1.165) is 28.0 Å². The number of hydrogen-bond acceptors (Lipinski definition) is 6. The summed E-state index contributed by atoms with van der Waals surface area (Å²) in [6.45, 7) is 2.71. The van der Waals surface area contributed by atoms with E-state index in [0.29, 0.717) is 18.1 Å². The lowest BCUT2D eigenvalue weighted by atomic mass is 9.98. The summed E-state index contributed by atoms with van der Waals surface area (Å²) in [4.78, 5) is 4.51. The van der Waals surface area contributed by atoms with Crippen molar-refractivity contribution in [3.05, 3.63) is 113 Å². The quantitative estimate of drug-likeness (QED) is 0.213. The maximum absolute atomic E-state index is 13.2. The van der Waals surface area contributed by atoms with Crippen LogP contribution in [0.15, 0.2) is 96.0 Å². The Balaban J connectivity index is 1.46. The van der Waals surface area contributed by atoms with E-state index in [4.69, 9.17) is 18.9 Å². The van der Waals surface area contributed by atoms with E-state index in [2.05, 4.69) is 29.3 Å². The molecule has 4 aromatic carbocycles. The van der Waals surface area contributed by atoms with Gasteiger partial charge >= 0.3 is 0 Å². The van der Waals surface area contributed by atoms with Gasteiger partial charge in [0.1, 0.15) is 29.4 Å². The van der Waals surface area contributed by atoms with Gasteiger partial charge in [-0.1, -0.05) is 60.7 Å². The largest absolute Gasteiger partial charge is 0.599 e. The highest BCUT2D eigenvalue weighted by molar-refractivity contribution is 5.79. The standard InChI is InChI=1S/C32H31NO5/c1-4-37-22-15-13-21(14-16-22)31(28-18-17-23(35-2)19-30(28)36-3)33-32(34)38-20-29-26-11-7-5-9-24(26)25-10-6-8-12-27(25)29/h5-19,29,31H,4,20H2,1-3H3,(H,33,34)/p-1. The molecule has 0 saturated heterocycles. The Labute approximate surface area is 223 Å². The fourth-order valence-electron chi connectivity index (χ4n) is 5.02. The van der Waals surface area contributed by atoms with Crippen LogP contribution in [0.3, 0.4) is 0 Å². The van der Waals surface area contributed by atoms with Crippen LogP contribution >= 0.6 is 0 Å². The second-order valence-corrected chi connectivity index (χ2v) is 8.95. The zero-order valence-corrected chi connectivity index (χ0v) is 21.7. The highest BCUT2D eigenvalue weighted by atomic mass is 16.6. The third-order valence-electron chi connectivity index (χ3n) is 6.81. The van der Waals surface area contributed by atoms with E-state index < -0.39 is 12.1 Å². The number of benzene rings is 4. The number of fused-ring (bicyclic) bond motifs is 3. The van der Waals surface area contributed by atoms with Gasteiger partial charge in [-0.3, -0.25) is 4.99 Å². The van der Waals surface area contributed by atoms with E-state index in [1.807, 2.05) is 67.6 Å². The molecule has 0 amide bonds. The molecular weight excluding hydrogens is 478 g/mol. The molecule has 0 aliphatic heterocycles. The fraction of sp³-hybridized carbons (Fsp3) is 0.219. The van der Waals surface area contributed by atoms with E-state index in [1.54, 1.807) is 20.3 Å². The van der Waals surface area contributed by atoms with Crippen molar-refractivity contribution in [1.29, 1.82) is 0 Å². The van der Waals surface area contributed by atoms with Crippen molar-refractivity contribution in [2.75, 3.05) is 27.4 Å². The molecule has 0 spiro atoms. The first kappa shape index (κ1) is 25.2. The zero-order valence-electron chi connectivity index (χ0n) is 21.7. The van der Waals surface area contributed by atoms with Crippen molar-refractivity contribution in [3.63, 3.8) is 0 Å². The molecule has 5 rings (SSSR count). The maximum Gasteiger partial charge on any atom is 0.146 e. The molecule has 6 heteroatoms. The van der Waals surface area contributed by atoms with Crippen LogP contribution in [0.4, 0.5) is 0 Å². The summed E-state index contributed by atoms with van der Waals surface area (Å²) in [7, 11) is 3.18. The van der Waals surface area contributed by atoms with Crippen LogP contribution in [-0.4, -0.2) is 33.5 Å². The first-order valence-electron chi connectivity index (χ1n) is 12.6. The number of ether oxygens (including phenoxy) is 4. The summed E-state index contributed by atoms with van der Waals surface area (Å²) in [5, 5.41) is 13.2. The van der Waals surface area contributed by atoms with Gasteiger partial charge in [-0.2, -0.15) is 0 Å². The second-order valence-electron chi connectivity index (χ2n) is 8.95. The Morgan fingerprint density at radius 1 is 0.816 bits per heavy atom. The summed E-state index contributed by atoms with van der Waals surface area (Å²) in [6, 6.07) is 28.9. The van der Waals surface area contributed by atoms with Crippen molar-refractivity contribution < 1.29 is 24.1 Å². The molecule has 0 radical (unpaired) electrons. The monoisotopic (exact) mass is 508 g/mol. The van der Waals surface area contributed by atoms with Gasteiger partial charge in [0.2, 0.25) is 0 Å². The molecule has 0 fully saturated rings. The number of aliphatic imine (C=N–C) groups is 1. The lowest BCUT2D eigenvalue weighted by Gasteiger charge is -2.24. The molecule has 0 aromatic heterocycles. The first-order chi connectivity index (χ1) is 18.6. The Morgan fingerprint density at radius 3 is 2.05 bits per heavy atom. The number of methoxy groups -OCH3 is 2. The van der Waals surface area contributed by atoms with Crippen molar-refractivity contribution in [2.24, 2.45) is 4.99 Å². The lowest BCUT2D eigenvalue weighted by molar-refractivity contribution is -0.251. The summed E-state index contributed by atoms with van der Waals surface area (Å²) in [6.07, 6.45) is -0.636. The minimum atomic E-state index is -0.637. The Morgan fingerprint density at radius 2 is 1.45 bits per heavy atom. The molecule has 6 nitrogen and oxygen atoms in total. The van der Waals surface area contributed by atoms with Gasteiger partial charge in [0.15, 0.2) is 0 Å². The Bertz CT molecular complexity index is 1380. The molecule has 1 aliphatic carbocycles. The number of rotatable bonds is 9. The van der Waals surface area contributed by atoms with E-state index in [1.165, 1.54) is 11.1 Å². The van der Waals surface area contributed by atoms with Crippen LogP contribution in [0, 0.1) is 0 Å². The van der Waals surface area contributed by atoms with Crippen LogP contribution in [0.5, 0.6) is 17.2 Å². The normalized spacial score (nSPS) is 13.4. The molecule has 4 aromatic rings. The molecule has 0 heterocycles. The Hall–Kier alpha value is -4.45. The van der Waals surface area contributed by atoms with Crippen LogP contribution in [0.2, 0.25) is 0 Å². The van der Waals surface area contributed by atoms with Gasteiger partial charge in [-0.25, -0.2) is 0 Å². The fourth-order valence-corrected chi connectivity index (χ4v) is 5.02. The summed E-state index contributed by atoms with van der Waals surface area (Å²) in [5.41, 5.74) is 6.20. The van der Waals surface area contributed by atoms with Gasteiger partial charge < -0.3 is 24.1 Å². The maximum atomic E-state index is 13.2. The van der Waals surface area contributed by atoms with Crippen molar-refractivity contribution >= 4 is 6.08 Å². The van der Waals surface area contributed by atoms with Crippen LogP contribution < -0.4 is 19.3 Å². The van der Waals surface area contributed by atoms with E-state index in [9.17, 15) is 5.11 Å². The lowest BCUT2D eigenvalue weighted by Crippen LogP contribution is -2.25. The Kier molecular flexibility index (Phi) is 7.50. The first-order valence-corrected chi connectivity index (χ1v) is 12.6. The average molecular weight is 509 g/mol. The molecule has 0 saturated carbocycles. The molecule has 194 valence electrons. The van der Waals surface area contributed by atoms with Crippen LogP contribution in [0.25, 0.3) is 11.1 Å². The molecule has 1 aliphatic rings. The average Bonchev–Trinajstić information content (AvgIpc) is 3.29. The smallest absolute Gasteiger partial charge is 0.146 e. The van der Waals surface area contributed by atoms with Gasteiger partial charge in [0.05, 0.1) is 20.8 Å². The topological polar surface area (TPSA) is 72.3 Å². The van der Waals surface area contributed by atoms with E-state index in [-0.39, 0.29) is 12.5 Å². The van der Waals surface area contributed by atoms with Gasteiger partial charge in [-0.05, 0) is 59.0 Å². The zero-order chi connectivity index (χ0) is 26.5.